The second-order valence-corrected chi connectivity index (χ2v) is 8.80. The summed E-state index contributed by atoms with van der Waals surface area (Å²) in [4.78, 5) is 14.7. The molecule has 0 aliphatic carbocycles. The third-order valence-electron chi connectivity index (χ3n) is 5.47. The number of anilines is 2. The monoisotopic (exact) mass is 466 g/mol. The lowest BCUT2D eigenvalue weighted by molar-refractivity contribution is -0.141. The average Bonchev–Trinajstić information content (AvgIpc) is 3.40. The van der Waals surface area contributed by atoms with E-state index in [1.54, 1.807) is 6.21 Å². The average molecular weight is 467 g/mol. The molecule has 0 spiro atoms. The van der Waals surface area contributed by atoms with E-state index in [4.69, 9.17) is 14.2 Å². The maximum absolute atomic E-state index is 5.93. The molecular weight excluding hydrogens is 432 g/mol. The number of ether oxygens (including phenoxy) is 3. The van der Waals surface area contributed by atoms with Gasteiger partial charge in [0.15, 0.2) is 11.6 Å². The normalized spacial score (nSPS) is 17.5. The van der Waals surface area contributed by atoms with Crippen molar-refractivity contribution in [3.05, 3.63) is 42.1 Å². The van der Waals surface area contributed by atoms with E-state index in [-0.39, 0.29) is 12.1 Å². The molecule has 0 saturated carbocycles. The predicted molar refractivity (Wildman–Crippen MR) is 135 cm³/mol. The van der Waals surface area contributed by atoms with E-state index in [1.165, 1.54) is 0 Å². The zero-order chi connectivity index (χ0) is 24.0. The van der Waals surface area contributed by atoms with Gasteiger partial charge in [0.05, 0.1) is 12.8 Å². The standard InChI is InChI=1S/C25H34N6O3/c1-5-11-31(12-6-2)23-13-22(28-24(29-23)32-16-19-17-33-25(3,4)34-19)30-27-15-18-14-26-21-10-8-7-9-20(18)21/h7-10,13-15,19,26H,5-6,11-12,16-17H2,1-4H3,(H,28,29,30)/b27-15+. The Labute approximate surface area is 200 Å². The highest BCUT2D eigenvalue weighted by atomic mass is 16.7. The Morgan fingerprint density at radius 3 is 2.76 bits per heavy atom. The molecule has 34 heavy (non-hydrogen) atoms. The largest absolute Gasteiger partial charge is 0.460 e. The zero-order valence-electron chi connectivity index (χ0n) is 20.4. The third kappa shape index (κ3) is 6.03. The van der Waals surface area contributed by atoms with E-state index >= 15 is 0 Å². The Morgan fingerprint density at radius 1 is 1.24 bits per heavy atom. The van der Waals surface area contributed by atoms with Gasteiger partial charge in [0.2, 0.25) is 0 Å². The molecule has 1 fully saturated rings. The van der Waals surface area contributed by atoms with Crippen molar-refractivity contribution < 1.29 is 14.2 Å². The van der Waals surface area contributed by atoms with Crippen LogP contribution in [-0.4, -0.2) is 59.4 Å². The summed E-state index contributed by atoms with van der Waals surface area (Å²) in [7, 11) is 0. The molecule has 1 atom stereocenters. The molecule has 1 aliphatic rings. The van der Waals surface area contributed by atoms with Crippen LogP contribution in [0.4, 0.5) is 11.6 Å². The Balaban J connectivity index is 1.52. The molecule has 0 bridgehead atoms. The van der Waals surface area contributed by atoms with Crippen LogP contribution in [0.5, 0.6) is 6.01 Å². The molecule has 1 unspecified atom stereocenters. The van der Waals surface area contributed by atoms with Gasteiger partial charge in [-0.25, -0.2) is 0 Å². The van der Waals surface area contributed by atoms with Crippen molar-refractivity contribution in [3.63, 3.8) is 0 Å². The number of nitrogens with zero attached hydrogens (tertiary/aromatic N) is 4. The predicted octanol–water partition coefficient (Wildman–Crippen LogP) is 4.56. The number of benzene rings is 1. The van der Waals surface area contributed by atoms with Crippen molar-refractivity contribution in [2.75, 3.05) is 36.6 Å². The van der Waals surface area contributed by atoms with Crippen molar-refractivity contribution >= 4 is 28.8 Å². The quantitative estimate of drug-likeness (QED) is 0.316. The Bertz CT molecular complexity index is 1110. The molecule has 4 rings (SSSR count). The fourth-order valence-electron chi connectivity index (χ4n) is 3.96. The van der Waals surface area contributed by atoms with Crippen LogP contribution in [-0.2, 0) is 9.47 Å². The molecule has 2 aromatic heterocycles. The number of hydrazone groups is 1. The highest BCUT2D eigenvalue weighted by Gasteiger charge is 2.33. The third-order valence-corrected chi connectivity index (χ3v) is 5.47. The molecule has 1 aliphatic heterocycles. The maximum Gasteiger partial charge on any atom is 0.320 e. The Kier molecular flexibility index (Phi) is 7.64. The highest BCUT2D eigenvalue weighted by molar-refractivity contribution is 5.99. The van der Waals surface area contributed by atoms with Crippen LogP contribution in [0.1, 0.15) is 46.1 Å². The Hall–Kier alpha value is -3.17. The van der Waals surface area contributed by atoms with Crippen LogP contribution in [0.25, 0.3) is 10.9 Å². The number of H-pyrrole nitrogens is 1. The van der Waals surface area contributed by atoms with Crippen molar-refractivity contribution in [1.82, 2.24) is 15.0 Å². The number of aromatic amines is 1. The van der Waals surface area contributed by atoms with E-state index in [9.17, 15) is 0 Å². The number of hydrogen-bond acceptors (Lipinski definition) is 8. The summed E-state index contributed by atoms with van der Waals surface area (Å²) in [6, 6.07) is 10.3. The zero-order valence-corrected chi connectivity index (χ0v) is 20.4. The van der Waals surface area contributed by atoms with Crippen molar-refractivity contribution in [2.45, 2.75) is 52.4 Å². The minimum atomic E-state index is -0.598. The maximum atomic E-state index is 5.93. The lowest BCUT2D eigenvalue weighted by Crippen LogP contribution is -2.27. The van der Waals surface area contributed by atoms with E-state index in [0.29, 0.717) is 19.0 Å². The molecule has 1 saturated heterocycles. The summed E-state index contributed by atoms with van der Waals surface area (Å²) in [5.74, 6) is 0.777. The summed E-state index contributed by atoms with van der Waals surface area (Å²) in [5.41, 5.74) is 5.11. The molecule has 182 valence electrons. The number of nitrogens with one attached hydrogen (secondary N) is 2. The molecule has 9 heteroatoms. The summed E-state index contributed by atoms with van der Waals surface area (Å²) in [6.07, 6.45) is 5.59. The number of para-hydroxylation sites is 1. The topological polar surface area (TPSA) is 96.9 Å². The molecule has 3 heterocycles. The second-order valence-electron chi connectivity index (χ2n) is 8.80. The van der Waals surface area contributed by atoms with Crippen LogP contribution in [0.15, 0.2) is 41.6 Å². The number of aromatic nitrogens is 3. The van der Waals surface area contributed by atoms with Gasteiger partial charge in [-0.2, -0.15) is 15.1 Å². The molecule has 3 aromatic rings. The van der Waals surface area contributed by atoms with E-state index in [1.807, 2.05) is 44.3 Å². The molecule has 0 radical (unpaired) electrons. The van der Waals surface area contributed by atoms with Crippen LogP contribution in [0, 0.1) is 0 Å². The molecule has 1 aromatic carbocycles. The number of fused-ring (bicyclic) bond motifs is 1. The van der Waals surface area contributed by atoms with Gasteiger partial charge in [-0.3, -0.25) is 5.43 Å². The number of hydrogen-bond donors (Lipinski definition) is 2. The highest BCUT2D eigenvalue weighted by Crippen LogP contribution is 2.24. The van der Waals surface area contributed by atoms with Gasteiger partial charge in [-0.05, 0) is 32.8 Å². The van der Waals surface area contributed by atoms with Gasteiger partial charge in [-0.1, -0.05) is 32.0 Å². The Morgan fingerprint density at radius 2 is 2.03 bits per heavy atom. The van der Waals surface area contributed by atoms with Crippen molar-refractivity contribution in [2.24, 2.45) is 5.10 Å². The van der Waals surface area contributed by atoms with Gasteiger partial charge in [0.25, 0.3) is 0 Å². The van der Waals surface area contributed by atoms with Gasteiger partial charge < -0.3 is 24.1 Å². The van der Waals surface area contributed by atoms with Crippen LogP contribution in [0.2, 0.25) is 0 Å². The minimum absolute atomic E-state index is 0.166. The first-order chi connectivity index (χ1) is 16.5. The van der Waals surface area contributed by atoms with E-state index < -0.39 is 5.79 Å². The fourth-order valence-corrected chi connectivity index (χ4v) is 3.96. The molecular formula is C25H34N6O3. The van der Waals surface area contributed by atoms with Crippen molar-refractivity contribution in [1.29, 1.82) is 0 Å². The van der Waals surface area contributed by atoms with Gasteiger partial charge >= 0.3 is 6.01 Å². The van der Waals surface area contributed by atoms with Crippen LogP contribution in [0.3, 0.4) is 0 Å². The summed E-state index contributed by atoms with van der Waals surface area (Å²) < 4.78 is 17.4. The molecule has 0 amide bonds. The summed E-state index contributed by atoms with van der Waals surface area (Å²) >= 11 is 0. The van der Waals surface area contributed by atoms with E-state index in [0.717, 1.165) is 48.2 Å². The van der Waals surface area contributed by atoms with Gasteiger partial charge in [0.1, 0.15) is 18.5 Å². The van der Waals surface area contributed by atoms with Crippen LogP contribution >= 0.6 is 0 Å². The molecule has 9 nitrogen and oxygen atoms in total. The smallest absolute Gasteiger partial charge is 0.320 e. The lowest BCUT2D eigenvalue weighted by Gasteiger charge is -2.23. The first-order valence-electron chi connectivity index (χ1n) is 11.9. The summed E-state index contributed by atoms with van der Waals surface area (Å²) in [6.45, 7) is 10.7. The van der Waals surface area contributed by atoms with Gasteiger partial charge in [-0.15, -0.1) is 0 Å². The first-order valence-corrected chi connectivity index (χ1v) is 11.9. The number of rotatable bonds is 11. The minimum Gasteiger partial charge on any atom is -0.460 e. The molecule has 2 N–H and O–H groups in total. The van der Waals surface area contributed by atoms with Gasteiger partial charge in [0, 0.05) is 41.8 Å². The van der Waals surface area contributed by atoms with Crippen molar-refractivity contribution in [3.8, 4) is 6.01 Å². The first kappa shape index (κ1) is 24.0. The fraction of sp³-hybridized carbons (Fsp3) is 0.480. The lowest BCUT2D eigenvalue weighted by atomic mass is 10.2. The second kappa shape index (κ2) is 10.8. The SMILES string of the molecule is CCCN(CCC)c1cc(N/N=C/c2c[nH]c3ccccc23)nc(OCC2COC(C)(C)O2)n1. The van der Waals surface area contributed by atoms with Crippen LogP contribution < -0.4 is 15.1 Å². The van der Waals surface area contributed by atoms with E-state index in [2.05, 4.69) is 50.3 Å². The summed E-state index contributed by atoms with van der Waals surface area (Å²) in [5, 5.41) is 5.53.